The van der Waals surface area contributed by atoms with Gasteiger partial charge in [0.1, 0.15) is 5.69 Å². The molecule has 0 saturated heterocycles. The van der Waals surface area contributed by atoms with Gasteiger partial charge in [-0.15, -0.1) is 0 Å². The summed E-state index contributed by atoms with van der Waals surface area (Å²) in [5.41, 5.74) is 1.27. The van der Waals surface area contributed by atoms with E-state index < -0.39 is 5.97 Å². The molecular formula is C11H10N2O3. The lowest BCUT2D eigenvalue weighted by Crippen LogP contribution is -2.16. The average Bonchev–Trinajstić information content (AvgIpc) is 2.26. The molecule has 2 aromatic rings. The molecule has 1 aromatic carbocycles. The number of hydrogen-bond acceptors (Lipinski definition) is 3. The molecule has 1 aromatic heterocycles. The van der Waals surface area contributed by atoms with Crippen molar-refractivity contribution >= 4 is 17.0 Å². The SMILES string of the molecule is O=C(O)CCc1nc2ccccc2[nH]c1=O. The molecule has 1 heterocycles. The zero-order valence-corrected chi connectivity index (χ0v) is 8.43. The van der Waals surface area contributed by atoms with E-state index in [-0.39, 0.29) is 24.1 Å². The number of para-hydroxylation sites is 2. The van der Waals surface area contributed by atoms with Gasteiger partial charge in [-0.1, -0.05) is 12.1 Å². The molecule has 0 aliphatic heterocycles. The Hall–Kier alpha value is -2.17. The van der Waals surface area contributed by atoms with Gasteiger partial charge in [0.2, 0.25) is 0 Å². The number of hydrogen-bond donors (Lipinski definition) is 2. The van der Waals surface area contributed by atoms with E-state index in [1.165, 1.54) is 0 Å². The number of fused-ring (bicyclic) bond motifs is 1. The first-order valence-corrected chi connectivity index (χ1v) is 4.86. The zero-order valence-electron chi connectivity index (χ0n) is 8.43. The average molecular weight is 218 g/mol. The Morgan fingerprint density at radius 1 is 1.38 bits per heavy atom. The summed E-state index contributed by atoms with van der Waals surface area (Å²) in [5.74, 6) is -0.936. The monoisotopic (exact) mass is 218 g/mol. The van der Waals surface area contributed by atoms with E-state index in [0.717, 1.165) is 0 Å². The van der Waals surface area contributed by atoms with Crippen molar-refractivity contribution in [2.24, 2.45) is 0 Å². The first-order valence-electron chi connectivity index (χ1n) is 4.86. The predicted octanol–water partition coefficient (Wildman–Crippen LogP) is 0.940. The quantitative estimate of drug-likeness (QED) is 0.803. The minimum absolute atomic E-state index is 0.0889. The molecule has 0 radical (unpaired) electrons. The van der Waals surface area contributed by atoms with E-state index in [0.29, 0.717) is 11.0 Å². The Morgan fingerprint density at radius 2 is 2.12 bits per heavy atom. The number of rotatable bonds is 3. The molecule has 0 atom stereocenters. The van der Waals surface area contributed by atoms with Crippen LogP contribution in [0, 0.1) is 0 Å². The van der Waals surface area contributed by atoms with Crippen molar-refractivity contribution in [1.82, 2.24) is 9.97 Å². The summed E-state index contributed by atoms with van der Waals surface area (Å²) in [6.07, 6.45) is 0.0594. The minimum Gasteiger partial charge on any atom is -0.481 e. The number of carbonyl (C=O) groups is 1. The lowest BCUT2D eigenvalue weighted by atomic mass is 10.2. The van der Waals surface area contributed by atoms with Crippen molar-refractivity contribution in [2.45, 2.75) is 12.8 Å². The maximum Gasteiger partial charge on any atom is 0.303 e. The highest BCUT2D eigenvalue weighted by atomic mass is 16.4. The number of aliphatic carboxylic acids is 1. The van der Waals surface area contributed by atoms with Crippen LogP contribution in [0.1, 0.15) is 12.1 Å². The summed E-state index contributed by atoms with van der Waals surface area (Å²) in [7, 11) is 0. The molecular weight excluding hydrogens is 208 g/mol. The fourth-order valence-electron chi connectivity index (χ4n) is 1.46. The first kappa shape index (κ1) is 10.4. The summed E-state index contributed by atoms with van der Waals surface area (Å²) < 4.78 is 0. The lowest BCUT2D eigenvalue weighted by Gasteiger charge is -2.00. The third-order valence-corrected chi connectivity index (χ3v) is 2.25. The predicted molar refractivity (Wildman–Crippen MR) is 58.3 cm³/mol. The molecule has 0 saturated carbocycles. The van der Waals surface area contributed by atoms with Crippen LogP contribution < -0.4 is 5.56 Å². The van der Waals surface area contributed by atoms with Gasteiger partial charge in [0.15, 0.2) is 0 Å². The summed E-state index contributed by atoms with van der Waals surface area (Å²) in [5, 5.41) is 8.54. The van der Waals surface area contributed by atoms with E-state index in [1.807, 2.05) is 6.07 Å². The lowest BCUT2D eigenvalue weighted by molar-refractivity contribution is -0.136. The van der Waals surface area contributed by atoms with E-state index >= 15 is 0 Å². The second kappa shape index (κ2) is 4.14. The molecule has 2 N–H and O–H groups in total. The van der Waals surface area contributed by atoms with E-state index in [4.69, 9.17) is 5.11 Å². The van der Waals surface area contributed by atoms with Gasteiger partial charge in [-0.05, 0) is 12.1 Å². The molecule has 5 nitrogen and oxygen atoms in total. The Bertz CT molecular complexity index is 589. The molecule has 0 fully saturated rings. The van der Waals surface area contributed by atoms with Crippen LogP contribution in [0.25, 0.3) is 11.0 Å². The van der Waals surface area contributed by atoms with Gasteiger partial charge in [-0.3, -0.25) is 9.59 Å². The van der Waals surface area contributed by atoms with Gasteiger partial charge in [0.25, 0.3) is 5.56 Å². The van der Waals surface area contributed by atoms with Crippen LogP contribution >= 0.6 is 0 Å². The number of carboxylic acid groups (broad SMARTS) is 1. The second-order valence-corrected chi connectivity index (χ2v) is 3.42. The van der Waals surface area contributed by atoms with E-state index in [1.54, 1.807) is 18.2 Å². The van der Waals surface area contributed by atoms with Crippen LogP contribution in [0.4, 0.5) is 0 Å². The highest BCUT2D eigenvalue weighted by Crippen LogP contribution is 2.06. The molecule has 0 unspecified atom stereocenters. The third-order valence-electron chi connectivity index (χ3n) is 2.25. The fraction of sp³-hybridized carbons (Fsp3) is 0.182. The maximum absolute atomic E-state index is 11.5. The second-order valence-electron chi connectivity index (χ2n) is 3.42. The highest BCUT2D eigenvalue weighted by Gasteiger charge is 2.06. The van der Waals surface area contributed by atoms with Gasteiger partial charge >= 0.3 is 5.97 Å². The summed E-state index contributed by atoms with van der Waals surface area (Å²) in [6.45, 7) is 0. The van der Waals surface area contributed by atoms with Crippen molar-refractivity contribution in [3.8, 4) is 0 Å². The Labute approximate surface area is 90.8 Å². The first-order chi connectivity index (χ1) is 7.66. The molecule has 0 aliphatic rings. The van der Waals surface area contributed by atoms with Crippen molar-refractivity contribution in [3.05, 3.63) is 40.3 Å². The molecule has 0 bridgehead atoms. The van der Waals surface area contributed by atoms with Crippen LogP contribution in [0.2, 0.25) is 0 Å². The number of nitrogens with zero attached hydrogens (tertiary/aromatic N) is 1. The van der Waals surface area contributed by atoms with Crippen molar-refractivity contribution in [1.29, 1.82) is 0 Å². The molecule has 2 rings (SSSR count). The smallest absolute Gasteiger partial charge is 0.303 e. The van der Waals surface area contributed by atoms with E-state index in [2.05, 4.69) is 9.97 Å². The van der Waals surface area contributed by atoms with Gasteiger partial charge in [0, 0.05) is 6.42 Å². The zero-order chi connectivity index (χ0) is 11.5. The molecule has 0 aliphatic carbocycles. The fourth-order valence-corrected chi connectivity index (χ4v) is 1.46. The van der Waals surface area contributed by atoms with Gasteiger partial charge < -0.3 is 10.1 Å². The number of aromatic nitrogens is 2. The van der Waals surface area contributed by atoms with Gasteiger partial charge in [-0.2, -0.15) is 0 Å². The topological polar surface area (TPSA) is 83.0 Å². The van der Waals surface area contributed by atoms with Crippen LogP contribution in [0.5, 0.6) is 0 Å². The van der Waals surface area contributed by atoms with Crippen LogP contribution in [0.3, 0.4) is 0 Å². The van der Waals surface area contributed by atoms with Crippen LogP contribution in [-0.4, -0.2) is 21.0 Å². The largest absolute Gasteiger partial charge is 0.481 e. The van der Waals surface area contributed by atoms with Crippen LogP contribution in [-0.2, 0) is 11.2 Å². The summed E-state index contributed by atoms with van der Waals surface area (Å²) in [6, 6.07) is 7.14. The number of nitrogens with one attached hydrogen (secondary N) is 1. The van der Waals surface area contributed by atoms with Gasteiger partial charge in [0.05, 0.1) is 17.5 Å². The highest BCUT2D eigenvalue weighted by molar-refractivity contribution is 5.73. The number of H-pyrrole nitrogens is 1. The summed E-state index contributed by atoms with van der Waals surface area (Å²) in [4.78, 5) is 28.8. The summed E-state index contributed by atoms with van der Waals surface area (Å²) >= 11 is 0. The molecule has 0 spiro atoms. The van der Waals surface area contributed by atoms with Crippen molar-refractivity contribution in [2.75, 3.05) is 0 Å². The van der Waals surface area contributed by atoms with Crippen molar-refractivity contribution < 1.29 is 9.90 Å². The Balaban J connectivity index is 2.42. The third kappa shape index (κ3) is 2.08. The number of benzene rings is 1. The Kier molecular flexibility index (Phi) is 2.68. The normalized spacial score (nSPS) is 10.5. The molecule has 5 heteroatoms. The number of carboxylic acids is 1. The standard InChI is InChI=1S/C11H10N2O3/c14-10(15)6-5-9-11(16)13-8-4-2-1-3-7(8)12-9/h1-4H,5-6H2,(H,13,16)(H,14,15). The number of aromatic amines is 1. The Morgan fingerprint density at radius 3 is 2.88 bits per heavy atom. The minimum atomic E-state index is -0.936. The molecule has 16 heavy (non-hydrogen) atoms. The molecule has 82 valence electrons. The van der Waals surface area contributed by atoms with Crippen molar-refractivity contribution in [3.63, 3.8) is 0 Å². The van der Waals surface area contributed by atoms with Crippen LogP contribution in [0.15, 0.2) is 29.1 Å². The van der Waals surface area contributed by atoms with E-state index in [9.17, 15) is 9.59 Å². The maximum atomic E-state index is 11.5. The van der Waals surface area contributed by atoms with Gasteiger partial charge in [-0.25, -0.2) is 4.98 Å². The number of aryl methyl sites for hydroxylation is 1. The molecule has 0 amide bonds.